The Bertz CT molecular complexity index is 309. The lowest BCUT2D eigenvalue weighted by Crippen LogP contribution is -2.13. The van der Waals surface area contributed by atoms with Crippen molar-refractivity contribution in [3.63, 3.8) is 0 Å². The first-order valence-corrected chi connectivity index (χ1v) is 5.90. The molecule has 16 heavy (non-hydrogen) atoms. The Kier molecular flexibility index (Phi) is 5.42. The van der Waals surface area contributed by atoms with Crippen LogP contribution in [0.4, 0.5) is 0 Å². The third-order valence-electron chi connectivity index (χ3n) is 2.43. The summed E-state index contributed by atoms with van der Waals surface area (Å²) in [6, 6.07) is 0. The van der Waals surface area contributed by atoms with E-state index in [9.17, 15) is 0 Å². The molecule has 1 aromatic heterocycles. The Hall–Kier alpha value is -0.940. The average Bonchev–Trinajstić information content (AvgIpc) is 2.62. The van der Waals surface area contributed by atoms with Gasteiger partial charge in [-0.15, -0.1) is 5.10 Å². The highest BCUT2D eigenvalue weighted by atomic mass is 16.5. The molecule has 1 heterocycles. The zero-order valence-corrected chi connectivity index (χ0v) is 10.4. The Balaban J connectivity index is 2.74. The van der Waals surface area contributed by atoms with Gasteiger partial charge in [-0.1, -0.05) is 19.1 Å². The Morgan fingerprint density at radius 1 is 1.44 bits per heavy atom. The molecule has 0 bridgehead atoms. The summed E-state index contributed by atoms with van der Waals surface area (Å²) >= 11 is 0. The standard InChI is InChI=1S/C11H22N4O/c1-4-16-8-7-15-11(9(2)3)10(5-6-12)13-14-15/h9H,4-8,12H2,1-3H3. The third kappa shape index (κ3) is 3.28. The Morgan fingerprint density at radius 3 is 2.75 bits per heavy atom. The van der Waals surface area contributed by atoms with E-state index in [1.54, 1.807) is 0 Å². The minimum absolute atomic E-state index is 0.415. The summed E-state index contributed by atoms with van der Waals surface area (Å²) in [6.07, 6.45) is 0.794. The third-order valence-corrected chi connectivity index (χ3v) is 2.43. The van der Waals surface area contributed by atoms with Gasteiger partial charge in [0.1, 0.15) is 0 Å². The number of aromatic nitrogens is 3. The van der Waals surface area contributed by atoms with E-state index in [1.807, 2.05) is 11.6 Å². The summed E-state index contributed by atoms with van der Waals surface area (Å²) < 4.78 is 7.26. The fourth-order valence-corrected chi connectivity index (χ4v) is 1.76. The van der Waals surface area contributed by atoms with Crippen molar-refractivity contribution in [2.45, 2.75) is 39.7 Å². The highest BCUT2D eigenvalue weighted by Crippen LogP contribution is 2.17. The molecule has 5 nitrogen and oxygen atoms in total. The molecule has 0 saturated heterocycles. The van der Waals surface area contributed by atoms with Crippen molar-refractivity contribution < 1.29 is 4.74 Å². The second-order valence-electron chi connectivity index (χ2n) is 4.03. The van der Waals surface area contributed by atoms with E-state index in [4.69, 9.17) is 10.5 Å². The molecule has 0 aliphatic carbocycles. The van der Waals surface area contributed by atoms with Gasteiger partial charge in [-0.25, -0.2) is 4.68 Å². The van der Waals surface area contributed by atoms with Gasteiger partial charge in [0.2, 0.25) is 0 Å². The quantitative estimate of drug-likeness (QED) is 0.703. The van der Waals surface area contributed by atoms with E-state index in [0.717, 1.165) is 25.3 Å². The number of nitrogens with zero attached hydrogens (tertiary/aromatic N) is 3. The number of hydrogen-bond acceptors (Lipinski definition) is 4. The number of rotatable bonds is 7. The van der Waals surface area contributed by atoms with Gasteiger partial charge in [0, 0.05) is 13.0 Å². The molecule has 0 saturated carbocycles. The molecule has 1 aromatic rings. The first-order chi connectivity index (χ1) is 7.70. The molecule has 92 valence electrons. The number of ether oxygens (including phenoxy) is 1. The van der Waals surface area contributed by atoms with Crippen molar-refractivity contribution in [1.29, 1.82) is 0 Å². The molecule has 0 fully saturated rings. The molecule has 5 heteroatoms. The molecule has 0 aliphatic heterocycles. The van der Waals surface area contributed by atoms with E-state index in [-0.39, 0.29) is 0 Å². The molecule has 0 amide bonds. The fraction of sp³-hybridized carbons (Fsp3) is 0.818. The molecular formula is C11H22N4O. The van der Waals surface area contributed by atoms with Gasteiger partial charge in [0.05, 0.1) is 24.5 Å². The highest BCUT2D eigenvalue weighted by molar-refractivity contribution is 5.14. The number of hydrogen-bond donors (Lipinski definition) is 1. The van der Waals surface area contributed by atoms with Crippen molar-refractivity contribution >= 4 is 0 Å². The first-order valence-electron chi connectivity index (χ1n) is 5.90. The van der Waals surface area contributed by atoms with Crippen LogP contribution in [0.15, 0.2) is 0 Å². The topological polar surface area (TPSA) is 66.0 Å². The second kappa shape index (κ2) is 6.60. The number of nitrogens with two attached hydrogens (primary N) is 1. The molecule has 0 spiro atoms. The molecule has 2 N–H and O–H groups in total. The molecule has 1 rings (SSSR count). The van der Waals surface area contributed by atoms with E-state index in [0.29, 0.717) is 19.1 Å². The molecular weight excluding hydrogens is 204 g/mol. The lowest BCUT2D eigenvalue weighted by atomic mass is 10.1. The monoisotopic (exact) mass is 226 g/mol. The van der Waals surface area contributed by atoms with Crippen LogP contribution in [0.1, 0.15) is 38.1 Å². The summed E-state index contributed by atoms with van der Waals surface area (Å²) in [6.45, 7) is 9.09. The molecule has 0 atom stereocenters. The van der Waals surface area contributed by atoms with Crippen LogP contribution >= 0.6 is 0 Å². The normalized spacial score (nSPS) is 11.3. The van der Waals surface area contributed by atoms with Crippen LogP contribution in [0.2, 0.25) is 0 Å². The Morgan fingerprint density at radius 2 is 2.19 bits per heavy atom. The average molecular weight is 226 g/mol. The zero-order valence-electron chi connectivity index (χ0n) is 10.4. The second-order valence-corrected chi connectivity index (χ2v) is 4.03. The summed E-state index contributed by atoms with van der Waals surface area (Å²) in [7, 11) is 0. The smallest absolute Gasteiger partial charge is 0.0874 e. The summed E-state index contributed by atoms with van der Waals surface area (Å²) in [5.74, 6) is 0.415. The maximum Gasteiger partial charge on any atom is 0.0874 e. The van der Waals surface area contributed by atoms with Crippen LogP contribution in [0, 0.1) is 0 Å². The minimum Gasteiger partial charge on any atom is -0.380 e. The van der Waals surface area contributed by atoms with Crippen LogP contribution in [0.25, 0.3) is 0 Å². The van der Waals surface area contributed by atoms with E-state index in [2.05, 4.69) is 24.2 Å². The molecule has 0 unspecified atom stereocenters. The van der Waals surface area contributed by atoms with Crippen LogP contribution in [0.3, 0.4) is 0 Å². The van der Waals surface area contributed by atoms with Gasteiger partial charge in [0.15, 0.2) is 0 Å². The lowest BCUT2D eigenvalue weighted by Gasteiger charge is -2.10. The van der Waals surface area contributed by atoms with Crippen molar-refractivity contribution in [2.75, 3.05) is 19.8 Å². The van der Waals surface area contributed by atoms with Crippen LogP contribution in [-0.4, -0.2) is 34.8 Å². The van der Waals surface area contributed by atoms with Gasteiger partial charge in [-0.2, -0.15) is 0 Å². The van der Waals surface area contributed by atoms with Gasteiger partial charge >= 0.3 is 0 Å². The maximum atomic E-state index is 5.56. The maximum absolute atomic E-state index is 5.56. The van der Waals surface area contributed by atoms with Gasteiger partial charge in [-0.3, -0.25) is 0 Å². The fourth-order valence-electron chi connectivity index (χ4n) is 1.76. The van der Waals surface area contributed by atoms with E-state index in [1.165, 1.54) is 5.69 Å². The van der Waals surface area contributed by atoms with E-state index >= 15 is 0 Å². The lowest BCUT2D eigenvalue weighted by molar-refractivity contribution is 0.135. The molecule has 0 aliphatic rings. The van der Waals surface area contributed by atoms with Crippen molar-refractivity contribution in [3.05, 3.63) is 11.4 Å². The predicted octanol–water partition coefficient (Wildman–Crippen LogP) is 0.939. The summed E-state index contributed by atoms with van der Waals surface area (Å²) in [5, 5.41) is 8.34. The van der Waals surface area contributed by atoms with E-state index < -0.39 is 0 Å². The van der Waals surface area contributed by atoms with Gasteiger partial charge in [0.25, 0.3) is 0 Å². The zero-order chi connectivity index (χ0) is 12.0. The highest BCUT2D eigenvalue weighted by Gasteiger charge is 2.14. The van der Waals surface area contributed by atoms with Crippen molar-refractivity contribution in [1.82, 2.24) is 15.0 Å². The van der Waals surface area contributed by atoms with Gasteiger partial charge in [-0.05, 0) is 19.4 Å². The summed E-state index contributed by atoms with van der Waals surface area (Å²) in [4.78, 5) is 0. The SMILES string of the molecule is CCOCCn1nnc(CCN)c1C(C)C. The molecule has 0 aromatic carbocycles. The van der Waals surface area contributed by atoms with Gasteiger partial charge < -0.3 is 10.5 Å². The minimum atomic E-state index is 0.415. The first kappa shape index (κ1) is 13.1. The Labute approximate surface area is 97.0 Å². The summed E-state index contributed by atoms with van der Waals surface area (Å²) in [5.41, 5.74) is 7.77. The van der Waals surface area contributed by atoms with Crippen LogP contribution < -0.4 is 5.73 Å². The molecule has 0 radical (unpaired) electrons. The van der Waals surface area contributed by atoms with Crippen LogP contribution in [0.5, 0.6) is 0 Å². The largest absolute Gasteiger partial charge is 0.380 e. The van der Waals surface area contributed by atoms with Crippen molar-refractivity contribution in [3.8, 4) is 0 Å². The van der Waals surface area contributed by atoms with Crippen LogP contribution in [-0.2, 0) is 17.7 Å². The predicted molar refractivity (Wildman–Crippen MR) is 63.4 cm³/mol. The van der Waals surface area contributed by atoms with Crippen molar-refractivity contribution in [2.24, 2.45) is 5.73 Å².